The molecular formula is C12H16N2O2. The average molecular weight is 220 g/mol. The minimum atomic E-state index is -0.460. The molecule has 0 aliphatic rings. The van der Waals surface area contributed by atoms with Gasteiger partial charge in [0, 0.05) is 24.9 Å². The van der Waals surface area contributed by atoms with Crippen LogP contribution in [0.15, 0.2) is 30.5 Å². The Morgan fingerprint density at radius 2 is 1.81 bits per heavy atom. The first-order chi connectivity index (χ1) is 7.67. The largest absolute Gasteiger partial charge is 0.372 e. The molecule has 0 saturated heterocycles. The second-order valence-corrected chi connectivity index (χ2v) is 3.36. The predicted octanol–water partition coefficient (Wildman–Crippen LogP) is 2.78. The number of rotatable bonds is 5. The van der Waals surface area contributed by atoms with Gasteiger partial charge in [-0.05, 0) is 31.5 Å². The van der Waals surface area contributed by atoms with Gasteiger partial charge in [0.15, 0.2) is 0 Å². The molecule has 1 aromatic carbocycles. The molecule has 0 amide bonds. The second-order valence-electron chi connectivity index (χ2n) is 3.36. The van der Waals surface area contributed by atoms with Crippen molar-refractivity contribution < 1.29 is 4.92 Å². The molecule has 0 saturated carbocycles. The maximum Gasteiger partial charge on any atom is 0.235 e. The van der Waals surface area contributed by atoms with Gasteiger partial charge in [-0.1, -0.05) is 12.1 Å². The molecule has 0 unspecified atom stereocenters. The third kappa shape index (κ3) is 3.38. The fraction of sp³-hybridized carbons (Fsp3) is 0.333. The monoisotopic (exact) mass is 220 g/mol. The van der Waals surface area contributed by atoms with Crippen LogP contribution in [0, 0.1) is 10.1 Å². The van der Waals surface area contributed by atoms with Crippen LogP contribution in [0.1, 0.15) is 19.4 Å². The Morgan fingerprint density at radius 1 is 1.25 bits per heavy atom. The SMILES string of the molecule is CCN(CC)c1ccc(/C=C/[N+](=O)[O-])cc1. The molecule has 0 spiro atoms. The van der Waals surface area contributed by atoms with Gasteiger partial charge in [-0.2, -0.15) is 0 Å². The van der Waals surface area contributed by atoms with Gasteiger partial charge in [-0.3, -0.25) is 10.1 Å². The maximum absolute atomic E-state index is 10.2. The summed E-state index contributed by atoms with van der Waals surface area (Å²) in [5, 5.41) is 10.2. The lowest BCUT2D eigenvalue weighted by Gasteiger charge is -2.20. The molecule has 0 aliphatic heterocycles. The highest BCUT2D eigenvalue weighted by molar-refractivity contribution is 5.55. The quantitative estimate of drug-likeness (QED) is 0.566. The fourth-order valence-corrected chi connectivity index (χ4v) is 1.53. The Kier molecular flexibility index (Phi) is 4.51. The molecule has 16 heavy (non-hydrogen) atoms. The first-order valence-corrected chi connectivity index (χ1v) is 5.34. The van der Waals surface area contributed by atoms with Crippen molar-refractivity contribution in [1.29, 1.82) is 0 Å². The topological polar surface area (TPSA) is 46.4 Å². The Balaban J connectivity index is 2.78. The highest BCUT2D eigenvalue weighted by atomic mass is 16.6. The Bertz CT molecular complexity index is 367. The Hall–Kier alpha value is -1.84. The summed E-state index contributed by atoms with van der Waals surface area (Å²) in [5.41, 5.74) is 1.98. The summed E-state index contributed by atoms with van der Waals surface area (Å²) >= 11 is 0. The van der Waals surface area contributed by atoms with Crippen LogP contribution < -0.4 is 4.90 Å². The van der Waals surface area contributed by atoms with Gasteiger partial charge in [-0.25, -0.2) is 0 Å². The highest BCUT2D eigenvalue weighted by Crippen LogP contribution is 2.15. The van der Waals surface area contributed by atoms with Crippen molar-refractivity contribution in [2.45, 2.75) is 13.8 Å². The van der Waals surface area contributed by atoms with Crippen molar-refractivity contribution >= 4 is 11.8 Å². The molecule has 1 rings (SSSR count). The predicted molar refractivity (Wildman–Crippen MR) is 66.0 cm³/mol. The van der Waals surface area contributed by atoms with E-state index in [0.717, 1.165) is 30.5 Å². The van der Waals surface area contributed by atoms with Gasteiger partial charge in [0.1, 0.15) is 0 Å². The van der Waals surface area contributed by atoms with E-state index in [0.29, 0.717) is 0 Å². The van der Waals surface area contributed by atoms with Crippen molar-refractivity contribution in [2.75, 3.05) is 18.0 Å². The molecule has 4 nitrogen and oxygen atoms in total. The minimum Gasteiger partial charge on any atom is -0.372 e. The van der Waals surface area contributed by atoms with Gasteiger partial charge in [0.25, 0.3) is 0 Å². The summed E-state index contributed by atoms with van der Waals surface area (Å²) in [6.45, 7) is 6.12. The lowest BCUT2D eigenvalue weighted by Crippen LogP contribution is -2.21. The average Bonchev–Trinajstić information content (AvgIpc) is 2.29. The van der Waals surface area contributed by atoms with E-state index in [1.807, 2.05) is 24.3 Å². The van der Waals surface area contributed by atoms with Crippen molar-refractivity contribution in [3.8, 4) is 0 Å². The minimum absolute atomic E-state index is 0.460. The smallest absolute Gasteiger partial charge is 0.235 e. The number of hydrogen-bond donors (Lipinski definition) is 0. The van der Waals surface area contributed by atoms with Crippen LogP contribution in [0.3, 0.4) is 0 Å². The van der Waals surface area contributed by atoms with Gasteiger partial charge < -0.3 is 4.90 Å². The standard InChI is InChI=1S/C12H16N2O2/c1-3-13(4-2)12-7-5-11(6-8-12)9-10-14(15)16/h5-10H,3-4H2,1-2H3/b10-9+. The summed E-state index contributed by atoms with van der Waals surface area (Å²) in [7, 11) is 0. The molecule has 4 heteroatoms. The molecular weight excluding hydrogens is 204 g/mol. The zero-order valence-electron chi connectivity index (χ0n) is 9.59. The van der Waals surface area contributed by atoms with E-state index >= 15 is 0 Å². The lowest BCUT2D eigenvalue weighted by atomic mass is 10.2. The summed E-state index contributed by atoms with van der Waals surface area (Å²) < 4.78 is 0. The van der Waals surface area contributed by atoms with E-state index in [1.54, 1.807) is 0 Å². The molecule has 0 fully saturated rings. The maximum atomic E-state index is 10.2. The molecule has 0 atom stereocenters. The Labute approximate surface area is 95.3 Å². The normalized spacial score (nSPS) is 10.6. The highest BCUT2D eigenvalue weighted by Gasteiger charge is 2.00. The van der Waals surface area contributed by atoms with Crippen LogP contribution in [0.2, 0.25) is 0 Å². The summed E-state index contributed by atoms with van der Waals surface area (Å²) in [6.07, 6.45) is 2.44. The number of nitro groups is 1. The number of nitrogens with zero attached hydrogens (tertiary/aromatic N) is 2. The number of anilines is 1. The molecule has 0 aliphatic carbocycles. The van der Waals surface area contributed by atoms with Crippen LogP contribution in [-0.4, -0.2) is 18.0 Å². The zero-order chi connectivity index (χ0) is 12.0. The van der Waals surface area contributed by atoms with Crippen LogP contribution in [0.25, 0.3) is 6.08 Å². The molecule has 0 aromatic heterocycles. The second kappa shape index (κ2) is 5.90. The third-order valence-electron chi connectivity index (χ3n) is 2.41. The van der Waals surface area contributed by atoms with Crippen LogP contribution >= 0.6 is 0 Å². The number of hydrogen-bond acceptors (Lipinski definition) is 3. The van der Waals surface area contributed by atoms with Gasteiger partial charge in [0.05, 0.1) is 4.92 Å². The van der Waals surface area contributed by atoms with E-state index in [9.17, 15) is 10.1 Å². The molecule has 0 bridgehead atoms. The fourth-order valence-electron chi connectivity index (χ4n) is 1.53. The van der Waals surface area contributed by atoms with E-state index in [2.05, 4.69) is 18.7 Å². The van der Waals surface area contributed by atoms with E-state index < -0.39 is 4.92 Å². The summed E-state index contributed by atoms with van der Waals surface area (Å²) in [4.78, 5) is 11.9. The number of benzene rings is 1. The van der Waals surface area contributed by atoms with E-state index in [1.165, 1.54) is 6.08 Å². The van der Waals surface area contributed by atoms with Crippen LogP contribution in [0.5, 0.6) is 0 Å². The van der Waals surface area contributed by atoms with E-state index in [-0.39, 0.29) is 0 Å². The van der Waals surface area contributed by atoms with Gasteiger partial charge in [-0.15, -0.1) is 0 Å². The van der Waals surface area contributed by atoms with Crippen molar-refractivity contribution in [1.82, 2.24) is 0 Å². The molecule has 0 N–H and O–H groups in total. The van der Waals surface area contributed by atoms with Crippen molar-refractivity contribution in [2.24, 2.45) is 0 Å². The van der Waals surface area contributed by atoms with Crippen LogP contribution in [-0.2, 0) is 0 Å². The first-order valence-electron chi connectivity index (χ1n) is 5.34. The van der Waals surface area contributed by atoms with E-state index in [4.69, 9.17) is 0 Å². The van der Waals surface area contributed by atoms with Gasteiger partial charge in [0.2, 0.25) is 6.20 Å². The molecule has 1 aromatic rings. The molecule has 0 heterocycles. The third-order valence-corrected chi connectivity index (χ3v) is 2.41. The first kappa shape index (κ1) is 12.2. The summed E-state index contributed by atoms with van der Waals surface area (Å²) in [5.74, 6) is 0. The Morgan fingerprint density at radius 3 is 2.25 bits per heavy atom. The van der Waals surface area contributed by atoms with Crippen molar-refractivity contribution in [3.05, 3.63) is 46.1 Å². The van der Waals surface area contributed by atoms with Crippen LogP contribution in [0.4, 0.5) is 5.69 Å². The zero-order valence-corrected chi connectivity index (χ0v) is 9.59. The lowest BCUT2D eigenvalue weighted by molar-refractivity contribution is -0.400. The van der Waals surface area contributed by atoms with Crippen molar-refractivity contribution in [3.63, 3.8) is 0 Å². The summed E-state index contributed by atoms with van der Waals surface area (Å²) in [6, 6.07) is 7.72. The van der Waals surface area contributed by atoms with Gasteiger partial charge >= 0.3 is 0 Å². The molecule has 86 valence electrons. The molecule has 0 radical (unpaired) electrons.